The second-order valence-electron chi connectivity index (χ2n) is 6.41. The lowest BCUT2D eigenvalue weighted by molar-refractivity contribution is 0.0939. The van der Waals surface area contributed by atoms with Gasteiger partial charge in [-0.2, -0.15) is 0 Å². The van der Waals surface area contributed by atoms with Gasteiger partial charge < -0.3 is 18.7 Å². The van der Waals surface area contributed by atoms with E-state index in [1.807, 2.05) is 35.8 Å². The maximum atomic E-state index is 12.8. The third-order valence-corrected chi connectivity index (χ3v) is 4.54. The van der Waals surface area contributed by atoms with Crippen LogP contribution >= 0.6 is 0 Å². The highest BCUT2D eigenvalue weighted by atomic mass is 16.3. The maximum absolute atomic E-state index is 12.8. The molecule has 4 rings (SSSR count). The highest BCUT2D eigenvalue weighted by Gasteiger charge is 2.19. The van der Waals surface area contributed by atoms with Gasteiger partial charge in [-0.1, -0.05) is 24.3 Å². The Morgan fingerprint density at radius 3 is 2.73 bits per heavy atom. The Kier molecular flexibility index (Phi) is 4.13. The van der Waals surface area contributed by atoms with Crippen LogP contribution in [-0.2, 0) is 13.1 Å². The van der Waals surface area contributed by atoms with E-state index < -0.39 is 0 Å². The number of furan rings is 2. The SMILES string of the molecule is Cc1cc2c(cc(C(=O)NCc3ccco3)n2Cc2ccccc2C)o1. The molecule has 0 bridgehead atoms. The number of aromatic nitrogens is 1. The van der Waals surface area contributed by atoms with Crippen LogP contribution in [0.1, 0.15) is 33.1 Å². The van der Waals surface area contributed by atoms with E-state index in [-0.39, 0.29) is 5.91 Å². The van der Waals surface area contributed by atoms with Gasteiger partial charge in [-0.15, -0.1) is 0 Å². The zero-order valence-corrected chi connectivity index (χ0v) is 14.8. The number of rotatable bonds is 5. The van der Waals surface area contributed by atoms with Gasteiger partial charge in [0.05, 0.1) is 18.3 Å². The topological polar surface area (TPSA) is 60.3 Å². The van der Waals surface area contributed by atoms with E-state index >= 15 is 0 Å². The molecule has 0 aliphatic heterocycles. The number of nitrogens with one attached hydrogen (secondary N) is 1. The first kappa shape index (κ1) is 16.3. The minimum Gasteiger partial charge on any atom is -0.467 e. The molecule has 0 saturated carbocycles. The number of aryl methyl sites for hydroxylation is 2. The van der Waals surface area contributed by atoms with Crippen LogP contribution in [0.5, 0.6) is 0 Å². The van der Waals surface area contributed by atoms with E-state index in [2.05, 4.69) is 24.4 Å². The average molecular weight is 348 g/mol. The molecule has 26 heavy (non-hydrogen) atoms. The first-order valence-electron chi connectivity index (χ1n) is 8.56. The Morgan fingerprint density at radius 2 is 1.96 bits per heavy atom. The van der Waals surface area contributed by atoms with Crippen LogP contribution in [0.4, 0.5) is 0 Å². The van der Waals surface area contributed by atoms with Crippen molar-refractivity contribution in [2.45, 2.75) is 26.9 Å². The lowest BCUT2D eigenvalue weighted by atomic mass is 10.1. The van der Waals surface area contributed by atoms with Gasteiger partial charge in [0.25, 0.3) is 5.91 Å². The third kappa shape index (κ3) is 3.04. The molecule has 0 radical (unpaired) electrons. The fourth-order valence-corrected chi connectivity index (χ4v) is 3.15. The van der Waals surface area contributed by atoms with E-state index in [4.69, 9.17) is 8.83 Å². The largest absolute Gasteiger partial charge is 0.467 e. The van der Waals surface area contributed by atoms with Crippen LogP contribution in [0.15, 0.2) is 63.6 Å². The molecule has 3 heterocycles. The van der Waals surface area contributed by atoms with Crippen molar-refractivity contribution in [1.82, 2.24) is 9.88 Å². The van der Waals surface area contributed by atoms with Crippen LogP contribution < -0.4 is 5.32 Å². The van der Waals surface area contributed by atoms with Crippen molar-refractivity contribution < 1.29 is 13.6 Å². The third-order valence-electron chi connectivity index (χ3n) is 4.54. The number of amides is 1. The monoisotopic (exact) mass is 348 g/mol. The minimum atomic E-state index is -0.154. The summed E-state index contributed by atoms with van der Waals surface area (Å²) in [4.78, 5) is 12.8. The van der Waals surface area contributed by atoms with Gasteiger partial charge in [-0.25, -0.2) is 0 Å². The summed E-state index contributed by atoms with van der Waals surface area (Å²) in [7, 11) is 0. The van der Waals surface area contributed by atoms with Gasteiger partial charge >= 0.3 is 0 Å². The summed E-state index contributed by atoms with van der Waals surface area (Å²) in [5.41, 5.74) is 4.59. The van der Waals surface area contributed by atoms with Gasteiger partial charge in [0.2, 0.25) is 0 Å². The molecule has 0 unspecified atom stereocenters. The number of hydrogen-bond acceptors (Lipinski definition) is 3. The Morgan fingerprint density at radius 1 is 1.12 bits per heavy atom. The zero-order valence-electron chi connectivity index (χ0n) is 14.8. The molecule has 0 saturated heterocycles. The zero-order chi connectivity index (χ0) is 18.1. The number of carbonyl (C=O) groups is 1. The molecule has 0 fully saturated rings. The van der Waals surface area contributed by atoms with Gasteiger partial charge in [0.1, 0.15) is 17.2 Å². The summed E-state index contributed by atoms with van der Waals surface area (Å²) in [6.07, 6.45) is 1.60. The lowest BCUT2D eigenvalue weighted by Gasteiger charge is -2.12. The van der Waals surface area contributed by atoms with E-state index in [1.54, 1.807) is 18.4 Å². The van der Waals surface area contributed by atoms with Crippen molar-refractivity contribution in [2.24, 2.45) is 0 Å². The normalized spacial score (nSPS) is 11.2. The van der Waals surface area contributed by atoms with Crippen molar-refractivity contribution in [2.75, 3.05) is 0 Å². The Labute approximate surface area is 151 Å². The second kappa shape index (κ2) is 6.59. The van der Waals surface area contributed by atoms with Crippen LogP contribution in [0.3, 0.4) is 0 Å². The van der Waals surface area contributed by atoms with Crippen LogP contribution in [0, 0.1) is 13.8 Å². The van der Waals surface area contributed by atoms with Crippen LogP contribution in [0.2, 0.25) is 0 Å². The highest BCUT2D eigenvalue weighted by Crippen LogP contribution is 2.25. The van der Waals surface area contributed by atoms with Crippen molar-refractivity contribution in [3.05, 3.63) is 83.1 Å². The summed E-state index contributed by atoms with van der Waals surface area (Å²) >= 11 is 0. The number of carbonyl (C=O) groups excluding carboxylic acids is 1. The fraction of sp³-hybridized carbons (Fsp3) is 0.190. The highest BCUT2D eigenvalue weighted by molar-refractivity contribution is 5.97. The molecule has 5 heteroatoms. The van der Waals surface area contributed by atoms with Crippen molar-refractivity contribution in [3.63, 3.8) is 0 Å². The summed E-state index contributed by atoms with van der Waals surface area (Å²) in [6, 6.07) is 15.6. The summed E-state index contributed by atoms with van der Waals surface area (Å²) in [6.45, 7) is 4.95. The molecule has 4 aromatic rings. The van der Waals surface area contributed by atoms with E-state index in [9.17, 15) is 4.79 Å². The molecule has 1 N–H and O–H groups in total. The van der Waals surface area contributed by atoms with Gasteiger partial charge in [-0.3, -0.25) is 4.79 Å². The predicted molar refractivity (Wildman–Crippen MR) is 99.1 cm³/mol. The van der Waals surface area contributed by atoms with Crippen LogP contribution in [0.25, 0.3) is 11.1 Å². The van der Waals surface area contributed by atoms with Crippen LogP contribution in [-0.4, -0.2) is 10.5 Å². The Balaban J connectivity index is 1.68. The van der Waals surface area contributed by atoms with Gasteiger partial charge in [0.15, 0.2) is 5.58 Å². The van der Waals surface area contributed by atoms with Gasteiger partial charge in [0, 0.05) is 18.7 Å². The van der Waals surface area contributed by atoms with Crippen molar-refractivity contribution in [1.29, 1.82) is 0 Å². The number of nitrogens with zero attached hydrogens (tertiary/aromatic N) is 1. The molecule has 132 valence electrons. The number of benzene rings is 1. The molecule has 0 spiro atoms. The smallest absolute Gasteiger partial charge is 0.268 e. The minimum absolute atomic E-state index is 0.154. The Bertz CT molecular complexity index is 1050. The molecule has 5 nitrogen and oxygen atoms in total. The van der Waals surface area contributed by atoms with E-state index in [1.165, 1.54) is 11.1 Å². The molecule has 1 aromatic carbocycles. The quantitative estimate of drug-likeness (QED) is 0.581. The molecule has 3 aromatic heterocycles. The predicted octanol–water partition coefficient (Wildman–Crippen LogP) is 4.42. The number of fused-ring (bicyclic) bond motifs is 1. The molecule has 0 aliphatic rings. The molecular weight excluding hydrogens is 328 g/mol. The molecule has 0 atom stereocenters. The molecule has 0 aliphatic carbocycles. The van der Waals surface area contributed by atoms with Gasteiger partial charge in [-0.05, 0) is 37.1 Å². The van der Waals surface area contributed by atoms with E-state index in [0.717, 1.165) is 22.6 Å². The summed E-state index contributed by atoms with van der Waals surface area (Å²) < 4.78 is 13.0. The van der Waals surface area contributed by atoms with Crippen molar-refractivity contribution >= 4 is 17.0 Å². The fourth-order valence-electron chi connectivity index (χ4n) is 3.15. The van der Waals surface area contributed by atoms with E-state index in [0.29, 0.717) is 18.8 Å². The summed E-state index contributed by atoms with van der Waals surface area (Å²) in [5, 5.41) is 2.91. The maximum Gasteiger partial charge on any atom is 0.268 e. The average Bonchev–Trinajstić information content (AvgIpc) is 3.32. The first-order chi connectivity index (χ1) is 12.6. The molecular formula is C21H20N2O3. The lowest BCUT2D eigenvalue weighted by Crippen LogP contribution is -2.25. The van der Waals surface area contributed by atoms with Crippen molar-refractivity contribution in [3.8, 4) is 0 Å². The standard InChI is InChI=1S/C21H20N2O3/c1-14-6-3-4-7-16(14)13-23-18-10-15(2)26-20(18)11-19(23)21(24)22-12-17-8-5-9-25-17/h3-11H,12-13H2,1-2H3,(H,22,24). The molecule has 1 amide bonds. The second-order valence-corrected chi connectivity index (χ2v) is 6.41. The Hall–Kier alpha value is -3.21. The summed E-state index contributed by atoms with van der Waals surface area (Å²) in [5.74, 6) is 1.39. The number of hydrogen-bond donors (Lipinski definition) is 1. The first-order valence-corrected chi connectivity index (χ1v) is 8.56.